The molecule has 1 fully saturated rings. The van der Waals surface area contributed by atoms with Crippen LogP contribution in [-0.4, -0.2) is 35.6 Å². The van der Waals surface area contributed by atoms with Gasteiger partial charge in [-0.1, -0.05) is 0 Å². The third kappa shape index (κ3) is 0.992. The summed E-state index contributed by atoms with van der Waals surface area (Å²) in [5.41, 5.74) is 0. The molecule has 0 spiro atoms. The fourth-order valence-corrected chi connectivity index (χ4v) is 0.689. The molecule has 3 nitrogen and oxygen atoms in total. The summed E-state index contributed by atoms with van der Waals surface area (Å²) in [6, 6.07) is 0. The van der Waals surface area contributed by atoms with Crippen LogP contribution in [0.2, 0.25) is 0 Å². The maximum absolute atomic E-state index is 8.85. The van der Waals surface area contributed by atoms with Crippen LogP contribution in [0, 0.1) is 6.42 Å². The van der Waals surface area contributed by atoms with Crippen LogP contribution >= 0.6 is 0 Å². The molecular weight excluding hydrogens is 108 g/mol. The molecule has 1 aliphatic rings. The van der Waals surface area contributed by atoms with Crippen LogP contribution in [0.4, 0.5) is 0 Å². The molecule has 0 unspecified atom stereocenters. The van der Waals surface area contributed by atoms with Gasteiger partial charge in [0.1, 0.15) is 6.10 Å². The van der Waals surface area contributed by atoms with E-state index in [0.717, 1.165) is 0 Å². The summed E-state index contributed by atoms with van der Waals surface area (Å²) >= 11 is 0. The van der Waals surface area contributed by atoms with Gasteiger partial charge in [0, 0.05) is 6.42 Å². The zero-order chi connectivity index (χ0) is 5.98. The van der Waals surface area contributed by atoms with Gasteiger partial charge in [0.25, 0.3) is 0 Å². The summed E-state index contributed by atoms with van der Waals surface area (Å²) in [6.45, 7) is 0.351. The van der Waals surface area contributed by atoms with Gasteiger partial charge in [-0.15, -0.1) is 0 Å². The lowest BCUT2D eigenvalue weighted by Crippen LogP contribution is -2.24. The normalized spacial score (nSPS) is 38.2. The van der Waals surface area contributed by atoms with Crippen LogP contribution in [0.15, 0.2) is 0 Å². The van der Waals surface area contributed by atoms with Gasteiger partial charge < -0.3 is 14.9 Å². The molecule has 47 valence electrons. The van der Waals surface area contributed by atoms with Gasteiger partial charge >= 0.3 is 0 Å². The first-order chi connectivity index (χ1) is 3.84. The summed E-state index contributed by atoms with van der Waals surface area (Å²) in [7, 11) is 0. The molecule has 8 heavy (non-hydrogen) atoms. The second-order valence-corrected chi connectivity index (χ2v) is 1.78. The minimum absolute atomic E-state index is 0.0995. The molecule has 0 aromatic heterocycles. The average molecular weight is 117 g/mol. The van der Waals surface area contributed by atoms with Crippen LogP contribution in [0.25, 0.3) is 0 Å². The fraction of sp³-hybridized carbons (Fsp3) is 0.800. The van der Waals surface area contributed by atoms with Crippen molar-refractivity contribution in [3.05, 3.63) is 6.42 Å². The molecule has 0 bridgehead atoms. The standard InChI is InChI=1S/C5H9O3/c6-3-5-4(7)1-2-8-5/h1,4-7H,2-3H2/t4-,5+/m0/s1. The highest BCUT2D eigenvalue weighted by Crippen LogP contribution is 2.10. The lowest BCUT2D eigenvalue weighted by molar-refractivity contribution is 0.00532. The van der Waals surface area contributed by atoms with Gasteiger partial charge in [-0.3, -0.25) is 0 Å². The third-order valence-corrected chi connectivity index (χ3v) is 1.21. The van der Waals surface area contributed by atoms with E-state index >= 15 is 0 Å². The minimum Gasteiger partial charge on any atom is -0.394 e. The predicted octanol–water partition coefficient (Wildman–Crippen LogP) is -1.06. The van der Waals surface area contributed by atoms with Crippen LogP contribution in [0.5, 0.6) is 0 Å². The molecule has 1 aliphatic heterocycles. The zero-order valence-electron chi connectivity index (χ0n) is 4.45. The van der Waals surface area contributed by atoms with Crippen molar-refractivity contribution in [2.45, 2.75) is 12.2 Å². The van der Waals surface area contributed by atoms with Gasteiger partial charge in [0.15, 0.2) is 0 Å². The molecule has 0 aromatic rings. The zero-order valence-corrected chi connectivity index (χ0v) is 4.45. The molecule has 2 N–H and O–H groups in total. The number of hydrogen-bond donors (Lipinski definition) is 2. The highest BCUT2D eigenvalue weighted by atomic mass is 16.5. The van der Waals surface area contributed by atoms with Crippen LogP contribution in [-0.2, 0) is 4.74 Å². The van der Waals surface area contributed by atoms with Crippen molar-refractivity contribution < 1.29 is 14.9 Å². The largest absolute Gasteiger partial charge is 0.394 e. The maximum Gasteiger partial charge on any atom is 0.107 e. The smallest absolute Gasteiger partial charge is 0.107 e. The van der Waals surface area contributed by atoms with E-state index in [-0.39, 0.29) is 12.7 Å². The molecule has 2 atom stereocenters. The first kappa shape index (κ1) is 6.01. The summed E-state index contributed by atoms with van der Waals surface area (Å²) in [6.07, 6.45) is 0.677. The number of rotatable bonds is 1. The minimum atomic E-state index is -0.569. The molecule has 0 amide bonds. The molecular formula is C5H9O3. The van der Waals surface area contributed by atoms with Crippen molar-refractivity contribution in [3.8, 4) is 0 Å². The highest BCUT2D eigenvalue weighted by molar-refractivity contribution is 4.88. The number of aliphatic hydroxyl groups is 2. The molecule has 1 radical (unpaired) electrons. The van der Waals surface area contributed by atoms with Gasteiger partial charge in [-0.25, -0.2) is 0 Å². The van der Waals surface area contributed by atoms with E-state index in [1.54, 1.807) is 6.42 Å². The first-order valence-corrected chi connectivity index (χ1v) is 2.58. The van der Waals surface area contributed by atoms with E-state index in [0.29, 0.717) is 6.61 Å². The Kier molecular flexibility index (Phi) is 1.83. The predicted molar refractivity (Wildman–Crippen MR) is 27.1 cm³/mol. The van der Waals surface area contributed by atoms with Crippen molar-refractivity contribution in [3.63, 3.8) is 0 Å². The summed E-state index contributed by atoms with van der Waals surface area (Å²) in [4.78, 5) is 0. The Morgan fingerprint density at radius 3 is 2.75 bits per heavy atom. The van der Waals surface area contributed by atoms with Crippen LogP contribution in [0.1, 0.15) is 0 Å². The number of aliphatic hydroxyl groups excluding tert-OH is 2. The van der Waals surface area contributed by atoms with E-state index < -0.39 is 6.10 Å². The van der Waals surface area contributed by atoms with Gasteiger partial charge in [0.05, 0.1) is 19.3 Å². The Labute approximate surface area is 47.9 Å². The monoisotopic (exact) mass is 117 g/mol. The lowest BCUT2D eigenvalue weighted by atomic mass is 10.2. The Bertz CT molecular complexity index is 74.1. The second kappa shape index (κ2) is 2.44. The Balaban J connectivity index is 2.30. The third-order valence-electron chi connectivity index (χ3n) is 1.21. The molecule has 1 saturated heterocycles. The molecule has 1 rings (SSSR count). The fourth-order valence-electron chi connectivity index (χ4n) is 0.689. The maximum atomic E-state index is 8.85. The van der Waals surface area contributed by atoms with E-state index in [2.05, 4.69) is 0 Å². The van der Waals surface area contributed by atoms with Crippen molar-refractivity contribution in [2.24, 2.45) is 0 Å². The summed E-state index contributed by atoms with van der Waals surface area (Å²) < 4.78 is 4.86. The van der Waals surface area contributed by atoms with Gasteiger partial charge in [-0.2, -0.15) is 0 Å². The molecule has 0 saturated carbocycles. The molecule has 0 aromatic carbocycles. The molecule has 0 aliphatic carbocycles. The van der Waals surface area contributed by atoms with E-state index in [9.17, 15) is 0 Å². The van der Waals surface area contributed by atoms with Gasteiger partial charge in [0.2, 0.25) is 0 Å². The Morgan fingerprint density at radius 1 is 1.75 bits per heavy atom. The quantitative estimate of drug-likeness (QED) is 0.460. The molecule has 1 heterocycles. The van der Waals surface area contributed by atoms with E-state index in [1.807, 2.05) is 0 Å². The van der Waals surface area contributed by atoms with Gasteiger partial charge in [-0.05, 0) is 0 Å². The van der Waals surface area contributed by atoms with Crippen LogP contribution in [0.3, 0.4) is 0 Å². The van der Waals surface area contributed by atoms with Crippen molar-refractivity contribution >= 4 is 0 Å². The topological polar surface area (TPSA) is 49.7 Å². The Hall–Kier alpha value is -0.120. The SMILES string of the molecule is OC[C@H]1OC[CH][C@@H]1O. The van der Waals surface area contributed by atoms with Crippen molar-refractivity contribution in [1.82, 2.24) is 0 Å². The van der Waals surface area contributed by atoms with Crippen molar-refractivity contribution in [2.75, 3.05) is 13.2 Å². The second-order valence-electron chi connectivity index (χ2n) is 1.78. The highest BCUT2D eigenvalue weighted by Gasteiger charge is 2.24. The van der Waals surface area contributed by atoms with E-state index in [4.69, 9.17) is 14.9 Å². The summed E-state index contributed by atoms with van der Waals surface area (Å²) in [5, 5.41) is 17.3. The molecule has 3 heteroatoms. The van der Waals surface area contributed by atoms with Crippen molar-refractivity contribution in [1.29, 1.82) is 0 Å². The summed E-state index contributed by atoms with van der Waals surface area (Å²) in [5.74, 6) is 0. The Morgan fingerprint density at radius 2 is 2.50 bits per heavy atom. The average Bonchev–Trinajstić information content (AvgIpc) is 2.14. The lowest BCUT2D eigenvalue weighted by Gasteiger charge is -2.07. The first-order valence-electron chi connectivity index (χ1n) is 2.58. The number of hydrogen-bond acceptors (Lipinski definition) is 3. The van der Waals surface area contributed by atoms with E-state index in [1.165, 1.54) is 0 Å². The number of ether oxygens (including phenoxy) is 1. The van der Waals surface area contributed by atoms with Crippen LogP contribution < -0.4 is 0 Å².